The molecule has 32 heteroatoms. The average Bonchev–Trinajstić information content (AvgIpc) is 1.95. The van der Waals surface area contributed by atoms with Crippen LogP contribution in [-0.2, 0) is 46.7 Å². The number of aliphatic imine (C=N–C) groups is 6. The number of aliphatic hydroxyl groups excluding tert-OH is 2. The molecule has 8 aliphatic rings. The lowest BCUT2D eigenvalue weighted by atomic mass is 9.97. The molecule has 2 aliphatic carbocycles. The molecule has 2 saturated heterocycles. The van der Waals surface area contributed by atoms with Gasteiger partial charge in [-0.1, -0.05) is 62.1 Å². The Morgan fingerprint density at radius 2 is 1.05 bits per heavy atom. The Hall–Kier alpha value is -6.20. The van der Waals surface area contributed by atoms with Crippen molar-refractivity contribution in [3.05, 3.63) is 60.7 Å². The highest BCUT2D eigenvalue weighted by atomic mass is 31.2. The summed E-state index contributed by atoms with van der Waals surface area (Å²) in [7, 11) is -6.13. The summed E-state index contributed by atoms with van der Waals surface area (Å²) in [6.45, 7) is 4.16. The zero-order valence-electron chi connectivity index (χ0n) is 47.3. The fraction of sp³-hybridized carbons (Fsp3) is 0.615. The Bertz CT molecular complexity index is 2750. The molecule has 10 N–H and O–H groups in total. The number of rotatable bonds is 20. The van der Waals surface area contributed by atoms with Gasteiger partial charge >= 0.3 is 27.4 Å². The second-order valence-corrected chi connectivity index (χ2v) is 25.1. The number of nitrogens with zero attached hydrogens (tertiary/aromatic N) is 8. The number of hydrogen-bond acceptors (Lipinski definition) is 24. The lowest BCUT2D eigenvalue weighted by molar-refractivity contribution is -0.143. The van der Waals surface area contributed by atoms with E-state index < -0.39 is 125 Å². The van der Waals surface area contributed by atoms with Crippen molar-refractivity contribution in [3.8, 4) is 11.5 Å². The summed E-state index contributed by atoms with van der Waals surface area (Å²) < 4.78 is 103. The maximum atomic E-state index is 16.1. The third-order valence-electron chi connectivity index (χ3n) is 15.3. The topological polar surface area (TPSA) is 363 Å². The monoisotopic (exact) mass is 1220 g/mol. The number of benzene rings is 2. The quantitative estimate of drug-likeness (QED) is 0.0698. The lowest BCUT2D eigenvalue weighted by Crippen LogP contribution is -2.58. The molecule has 0 radical (unpaired) electrons. The number of nitrogens with one attached hydrogen (secondary N) is 4. The molecule has 0 spiro atoms. The molecular weight excluding hydrogens is 1140 g/mol. The van der Waals surface area contributed by atoms with Gasteiger partial charge in [-0.05, 0) is 77.6 Å². The Labute approximate surface area is 484 Å². The van der Waals surface area contributed by atoms with Gasteiger partial charge in [0.25, 0.3) is 0 Å². The standard InChI is InChI=1S/2C26H37FN7O7P/c2*1-15(23(36)38-3)33-42(37,41-17-11-5-4-6-12-17)39-13-18-20(35)26(2,27)24(40-18)34-14-29-19-21(30-16-9-7-8-10-16)31-25(28)32-22(19)34/h2*4-6,11-12,14-16,18-20,22,24,35H,7-10,13H2,1-3H3,(H,33,37)(H3,28,30,31,32)/t15-,18+,19?,20+,22?,24+,26+,42+;15-,18+,19?,20+,22?,24+,26+,42-/m00/s1. The van der Waals surface area contributed by atoms with Gasteiger partial charge in [0.05, 0.1) is 52.2 Å². The molecule has 28 nitrogen and oxygen atoms in total. The van der Waals surface area contributed by atoms with E-state index in [4.69, 9.17) is 58.5 Å². The fourth-order valence-electron chi connectivity index (χ4n) is 10.9. The maximum Gasteiger partial charge on any atom is 0.459 e. The third kappa shape index (κ3) is 14.0. The number of halogens is 2. The van der Waals surface area contributed by atoms with Gasteiger partial charge in [-0.15, -0.1) is 0 Å². The van der Waals surface area contributed by atoms with Crippen LogP contribution in [0.15, 0.2) is 90.6 Å². The summed E-state index contributed by atoms with van der Waals surface area (Å²) in [5.74, 6) is 0.335. The number of alkyl halides is 2. The first-order chi connectivity index (χ1) is 40.0. The Morgan fingerprint density at radius 1 is 0.690 bits per heavy atom. The molecule has 4 unspecified atom stereocenters. The van der Waals surface area contributed by atoms with Crippen molar-refractivity contribution in [2.24, 2.45) is 41.4 Å². The molecular formula is C52H74F2N14O14P2. The summed E-state index contributed by atoms with van der Waals surface area (Å²) in [4.78, 5) is 54.4. The predicted octanol–water partition coefficient (Wildman–Crippen LogP) is 2.91. The van der Waals surface area contributed by atoms with E-state index in [0.717, 1.165) is 51.4 Å². The first kappa shape index (κ1) is 62.3. The SMILES string of the molecule is COC(=O)[C@H](C)N[P@@](=O)(OC[C@H]1O[C@@H](N2C=NC3C(=NC4CCCC4)NC(N)=NC32)[C@](C)(F)[C@@H]1O)Oc1ccccc1.COC(=O)[C@H](C)N[P@](=O)(OC[C@H]1O[C@@H](N2C=NC3C(=NC4CCCC4)NC(N)=NC32)[C@](C)(F)[C@@H]1O)Oc1ccccc1. The summed E-state index contributed by atoms with van der Waals surface area (Å²) in [5, 5.41) is 32.9. The van der Waals surface area contributed by atoms with E-state index in [1.165, 1.54) is 64.4 Å². The van der Waals surface area contributed by atoms with Crippen LogP contribution in [0.1, 0.15) is 79.1 Å². The van der Waals surface area contributed by atoms with Crippen molar-refractivity contribution in [1.29, 1.82) is 0 Å². The smallest absolute Gasteiger partial charge is 0.459 e. The molecule has 84 heavy (non-hydrogen) atoms. The average molecular weight is 1220 g/mol. The maximum absolute atomic E-state index is 16.1. The van der Waals surface area contributed by atoms with E-state index in [0.29, 0.717) is 11.7 Å². The van der Waals surface area contributed by atoms with Crippen molar-refractivity contribution in [2.75, 3.05) is 27.4 Å². The molecule has 4 fully saturated rings. The molecule has 0 amide bonds. The normalized spacial score (nSPS) is 34.0. The minimum atomic E-state index is -4.25. The van der Waals surface area contributed by atoms with Crippen LogP contribution in [0, 0.1) is 0 Å². The minimum absolute atomic E-state index is 0.118. The summed E-state index contributed by atoms with van der Waals surface area (Å²) in [6.07, 6.45) is 1.08. The first-order valence-corrected chi connectivity index (χ1v) is 30.8. The molecule has 16 atom stereocenters. The highest BCUT2D eigenvalue weighted by molar-refractivity contribution is 7.52. The van der Waals surface area contributed by atoms with Crippen molar-refractivity contribution < 1.29 is 74.8 Å². The zero-order chi connectivity index (χ0) is 60.1. The number of esters is 2. The second-order valence-electron chi connectivity index (χ2n) is 21.7. The third-order valence-corrected chi connectivity index (χ3v) is 18.6. The Morgan fingerprint density at radius 3 is 1.39 bits per heavy atom. The van der Waals surface area contributed by atoms with Gasteiger partial charge in [-0.3, -0.25) is 38.6 Å². The minimum Gasteiger partial charge on any atom is -0.468 e. The second kappa shape index (κ2) is 26.2. The highest BCUT2D eigenvalue weighted by Gasteiger charge is 2.61. The van der Waals surface area contributed by atoms with Crippen LogP contribution in [0.4, 0.5) is 8.78 Å². The van der Waals surface area contributed by atoms with E-state index in [1.807, 2.05) is 0 Å². The van der Waals surface area contributed by atoms with Crippen molar-refractivity contribution in [2.45, 2.75) is 176 Å². The van der Waals surface area contributed by atoms with Crippen LogP contribution < -0.4 is 41.3 Å². The van der Waals surface area contributed by atoms with Crippen LogP contribution in [-0.4, -0.2) is 192 Å². The Balaban J connectivity index is 0.000000202. The Kier molecular flexibility index (Phi) is 19.4. The fourth-order valence-corrected chi connectivity index (χ4v) is 13.9. The first-order valence-electron chi connectivity index (χ1n) is 27.7. The molecule has 0 bridgehead atoms. The summed E-state index contributed by atoms with van der Waals surface area (Å²) >= 11 is 0. The van der Waals surface area contributed by atoms with Crippen molar-refractivity contribution in [3.63, 3.8) is 0 Å². The lowest BCUT2D eigenvalue weighted by Gasteiger charge is -2.36. The molecule has 6 aliphatic heterocycles. The van der Waals surface area contributed by atoms with Gasteiger partial charge in [0, 0.05) is 0 Å². The largest absolute Gasteiger partial charge is 0.468 e. The van der Waals surface area contributed by atoms with Crippen LogP contribution in [0.25, 0.3) is 0 Å². The van der Waals surface area contributed by atoms with Gasteiger partial charge in [-0.2, -0.15) is 10.2 Å². The summed E-state index contributed by atoms with van der Waals surface area (Å²) in [5.41, 5.74) is 7.48. The van der Waals surface area contributed by atoms with E-state index in [2.05, 4.69) is 40.8 Å². The van der Waals surface area contributed by atoms with E-state index in [-0.39, 0.29) is 35.5 Å². The number of para-hydroxylation sites is 2. The van der Waals surface area contributed by atoms with Crippen LogP contribution >= 0.6 is 15.5 Å². The highest BCUT2D eigenvalue weighted by Crippen LogP contribution is 2.49. The van der Waals surface area contributed by atoms with Gasteiger partial charge in [-0.25, -0.2) is 27.9 Å². The van der Waals surface area contributed by atoms with Crippen LogP contribution in [0.3, 0.4) is 0 Å². The predicted molar refractivity (Wildman–Crippen MR) is 304 cm³/mol. The molecule has 2 aromatic carbocycles. The number of fused-ring (bicyclic) bond motifs is 2. The van der Waals surface area contributed by atoms with E-state index in [9.17, 15) is 28.9 Å². The van der Waals surface area contributed by atoms with E-state index in [1.54, 1.807) is 60.7 Å². The number of ether oxygens (including phenoxy) is 4. The van der Waals surface area contributed by atoms with Gasteiger partial charge in [0.2, 0.25) is 0 Å². The molecule has 2 saturated carbocycles. The molecule has 10 rings (SSSR count). The number of guanidine groups is 2. The number of carbonyl (C=O) groups excluding carboxylic acids is 2. The van der Waals surface area contributed by atoms with E-state index >= 15 is 8.78 Å². The number of carbonyl (C=O) groups is 2. The number of aliphatic hydroxyl groups is 2. The number of hydrogen-bond donors (Lipinski definition) is 8. The summed E-state index contributed by atoms with van der Waals surface area (Å²) in [6, 6.07) is 13.4. The van der Waals surface area contributed by atoms with Crippen LogP contribution in [0.5, 0.6) is 11.5 Å². The molecule has 6 heterocycles. The number of amidine groups is 2. The van der Waals surface area contributed by atoms with Gasteiger partial charge < -0.3 is 70.1 Å². The van der Waals surface area contributed by atoms with Gasteiger partial charge in [0.15, 0.2) is 48.0 Å². The van der Waals surface area contributed by atoms with Crippen molar-refractivity contribution >= 4 is 63.7 Å². The number of methoxy groups -OCH3 is 2. The molecule has 0 aromatic heterocycles. The zero-order valence-corrected chi connectivity index (χ0v) is 49.0. The van der Waals surface area contributed by atoms with Gasteiger partial charge in [0.1, 0.15) is 71.8 Å². The molecule has 2 aromatic rings. The van der Waals surface area contributed by atoms with Crippen molar-refractivity contribution in [1.82, 2.24) is 30.6 Å². The number of nitrogens with two attached hydrogens (primary N) is 2. The van der Waals surface area contributed by atoms with Crippen LogP contribution in [0.2, 0.25) is 0 Å². The molecule has 460 valence electrons.